The van der Waals surface area contributed by atoms with Crippen molar-refractivity contribution in [1.29, 1.82) is 0 Å². The number of nitrogens with one attached hydrogen (secondary N) is 2. The molecule has 1 rings (SSSR count). The van der Waals surface area contributed by atoms with Crippen LogP contribution >= 0.6 is 0 Å². The van der Waals surface area contributed by atoms with Gasteiger partial charge in [-0.1, -0.05) is 70.2 Å². The zero-order chi connectivity index (χ0) is 24.3. The highest BCUT2D eigenvalue weighted by Crippen LogP contribution is 2.25. The molecule has 5 N–H and O–H groups in total. The van der Waals surface area contributed by atoms with E-state index < -0.39 is 35.6 Å². The summed E-state index contributed by atoms with van der Waals surface area (Å²) in [6.45, 7) is 9.61. The minimum Gasteiger partial charge on any atom is -0.320 e. The summed E-state index contributed by atoms with van der Waals surface area (Å²) in [5.41, 5.74) is 11.1. The molecule has 0 aliphatic carbocycles. The Morgan fingerprint density at radius 1 is 1.00 bits per heavy atom. The van der Waals surface area contributed by atoms with Crippen LogP contribution in [-0.2, 0) is 14.4 Å². The lowest BCUT2D eigenvalue weighted by molar-refractivity contribution is -0.148. The van der Waals surface area contributed by atoms with Gasteiger partial charge in [-0.15, -0.1) is 0 Å². The lowest BCUT2D eigenvalue weighted by atomic mass is 9.82. The fourth-order valence-electron chi connectivity index (χ4n) is 3.43. The van der Waals surface area contributed by atoms with Crippen molar-refractivity contribution in [2.45, 2.75) is 53.5 Å². The molecule has 0 radical (unpaired) electrons. The van der Waals surface area contributed by atoms with Crippen molar-refractivity contribution in [1.82, 2.24) is 15.9 Å². The van der Waals surface area contributed by atoms with Crippen LogP contribution in [0.15, 0.2) is 36.4 Å². The summed E-state index contributed by atoms with van der Waals surface area (Å²) in [7, 11) is 0. The molecule has 1 aromatic rings. The predicted molar refractivity (Wildman–Crippen MR) is 125 cm³/mol. The van der Waals surface area contributed by atoms with Gasteiger partial charge in [0.15, 0.2) is 0 Å². The zero-order valence-electron chi connectivity index (χ0n) is 19.7. The van der Waals surface area contributed by atoms with Gasteiger partial charge in [0.2, 0.25) is 11.8 Å². The molecule has 3 atom stereocenters. The summed E-state index contributed by atoms with van der Waals surface area (Å²) in [4.78, 5) is 38.3. The molecule has 0 bridgehead atoms. The number of hydrogen-bond donors (Lipinski definition) is 4. The maximum atomic E-state index is 13.3. The Bertz CT molecular complexity index is 763. The number of nitrogens with two attached hydrogens (primary N) is 1. The molecule has 0 aliphatic rings. The van der Waals surface area contributed by atoms with Crippen LogP contribution in [0.4, 0.5) is 0 Å². The van der Waals surface area contributed by atoms with Gasteiger partial charge >= 0.3 is 0 Å². The van der Waals surface area contributed by atoms with E-state index in [2.05, 4.69) is 5.43 Å². The van der Waals surface area contributed by atoms with Crippen molar-refractivity contribution in [3.63, 3.8) is 0 Å². The Morgan fingerprint density at radius 2 is 1.62 bits per heavy atom. The number of amides is 3. The number of nitrogens with zero attached hydrogens (tertiary/aromatic N) is 1. The second-order valence-electron chi connectivity index (χ2n) is 8.97. The van der Waals surface area contributed by atoms with E-state index >= 15 is 0 Å². The Kier molecular flexibility index (Phi) is 11.7. The normalized spacial score (nSPS) is 14.3. The molecule has 0 spiro atoms. The second-order valence-corrected chi connectivity index (χ2v) is 8.97. The summed E-state index contributed by atoms with van der Waals surface area (Å²) in [5, 5.41) is 10.5. The molecule has 0 aromatic heterocycles. The van der Waals surface area contributed by atoms with Gasteiger partial charge in [0.1, 0.15) is 0 Å². The van der Waals surface area contributed by atoms with Gasteiger partial charge in [-0.05, 0) is 37.2 Å². The van der Waals surface area contributed by atoms with E-state index in [0.29, 0.717) is 13.0 Å². The van der Waals surface area contributed by atoms with Crippen LogP contribution in [0.5, 0.6) is 0 Å². The summed E-state index contributed by atoms with van der Waals surface area (Å²) in [5.74, 6) is -2.84. The molecule has 32 heavy (non-hydrogen) atoms. The summed E-state index contributed by atoms with van der Waals surface area (Å²) >= 11 is 0. The van der Waals surface area contributed by atoms with Crippen LogP contribution in [0.2, 0.25) is 0 Å². The van der Waals surface area contributed by atoms with E-state index in [0.717, 1.165) is 5.56 Å². The fraction of sp³-hybridized carbons (Fsp3) is 0.542. The van der Waals surface area contributed by atoms with E-state index in [4.69, 9.17) is 5.73 Å². The second kappa shape index (κ2) is 13.6. The van der Waals surface area contributed by atoms with E-state index in [1.165, 1.54) is 5.01 Å². The topological polar surface area (TPSA) is 125 Å². The van der Waals surface area contributed by atoms with E-state index in [-0.39, 0.29) is 18.3 Å². The highest BCUT2D eigenvalue weighted by molar-refractivity contribution is 5.89. The van der Waals surface area contributed by atoms with E-state index in [1.54, 1.807) is 12.4 Å². The quantitative estimate of drug-likeness (QED) is 0.307. The van der Waals surface area contributed by atoms with Crippen LogP contribution in [0, 0.1) is 23.7 Å². The third kappa shape index (κ3) is 9.20. The summed E-state index contributed by atoms with van der Waals surface area (Å²) < 4.78 is 0. The lowest BCUT2D eigenvalue weighted by Crippen LogP contribution is -2.55. The number of benzene rings is 1. The standard InChI is InChI=1S/C24H38N4O4/c1-16(2)14-21(22(29)26-28(15-17(3)4)24(31)18(5)25)20(23(30)27-32)13-9-12-19-10-7-6-8-11-19/h6-12,16-18,20-21,32H,13-15,25H2,1-5H3,(H,26,29)(H,27,30)/t18-,20-,21+/m0/s1. The van der Waals surface area contributed by atoms with Crippen LogP contribution in [0.25, 0.3) is 6.08 Å². The maximum absolute atomic E-state index is 13.3. The Morgan fingerprint density at radius 3 is 2.12 bits per heavy atom. The van der Waals surface area contributed by atoms with Crippen molar-refractivity contribution in [3.05, 3.63) is 42.0 Å². The maximum Gasteiger partial charge on any atom is 0.257 e. The number of hydrazine groups is 1. The van der Waals surface area contributed by atoms with Gasteiger partial charge in [-0.25, -0.2) is 5.48 Å². The van der Waals surface area contributed by atoms with Gasteiger partial charge in [-0.3, -0.25) is 30.0 Å². The smallest absolute Gasteiger partial charge is 0.257 e. The first-order valence-corrected chi connectivity index (χ1v) is 11.1. The third-order valence-electron chi connectivity index (χ3n) is 4.94. The molecular weight excluding hydrogens is 408 g/mol. The van der Waals surface area contributed by atoms with Crippen molar-refractivity contribution in [2.24, 2.45) is 29.4 Å². The molecule has 0 heterocycles. The van der Waals surface area contributed by atoms with Crippen LogP contribution in [0.3, 0.4) is 0 Å². The molecular formula is C24H38N4O4. The van der Waals surface area contributed by atoms with Crippen LogP contribution in [-0.4, -0.2) is 40.5 Å². The van der Waals surface area contributed by atoms with E-state index in [9.17, 15) is 19.6 Å². The Labute approximate surface area is 191 Å². The molecule has 3 amide bonds. The highest BCUT2D eigenvalue weighted by Gasteiger charge is 2.35. The van der Waals surface area contributed by atoms with Crippen molar-refractivity contribution in [3.8, 4) is 0 Å². The number of allylic oxidation sites excluding steroid dienone is 1. The first kappa shape index (κ1) is 27.3. The molecule has 178 valence electrons. The first-order chi connectivity index (χ1) is 15.1. The Balaban J connectivity index is 3.13. The summed E-state index contributed by atoms with van der Waals surface area (Å²) in [6, 6.07) is 8.81. The SMILES string of the molecule is CC(C)C[C@@H](C(=O)NN(CC(C)C)C(=O)[C@H](C)N)[C@H](CC=Cc1ccccc1)C(=O)NO. The van der Waals surface area contributed by atoms with Gasteiger partial charge in [0.05, 0.1) is 17.9 Å². The van der Waals surface area contributed by atoms with Crippen LogP contribution in [0.1, 0.15) is 53.0 Å². The highest BCUT2D eigenvalue weighted by atomic mass is 16.5. The molecule has 8 nitrogen and oxygen atoms in total. The third-order valence-corrected chi connectivity index (χ3v) is 4.94. The fourth-order valence-corrected chi connectivity index (χ4v) is 3.43. The van der Waals surface area contributed by atoms with E-state index in [1.807, 2.05) is 70.2 Å². The minimum absolute atomic E-state index is 0.104. The minimum atomic E-state index is -0.811. The largest absolute Gasteiger partial charge is 0.320 e. The lowest BCUT2D eigenvalue weighted by Gasteiger charge is -2.31. The van der Waals surface area contributed by atoms with Crippen molar-refractivity contribution >= 4 is 23.8 Å². The number of carbonyl (C=O) groups excluding carboxylic acids is 3. The molecule has 0 unspecified atom stereocenters. The van der Waals surface area contributed by atoms with Gasteiger partial charge in [-0.2, -0.15) is 0 Å². The predicted octanol–water partition coefficient (Wildman–Crippen LogP) is 2.74. The van der Waals surface area contributed by atoms with Gasteiger partial charge < -0.3 is 5.73 Å². The monoisotopic (exact) mass is 446 g/mol. The number of carbonyl (C=O) groups is 3. The van der Waals surface area contributed by atoms with Gasteiger partial charge in [0.25, 0.3) is 5.91 Å². The average molecular weight is 447 g/mol. The zero-order valence-corrected chi connectivity index (χ0v) is 19.7. The summed E-state index contributed by atoms with van der Waals surface area (Å²) in [6.07, 6.45) is 4.34. The number of hydroxylamine groups is 1. The molecule has 0 saturated heterocycles. The number of rotatable bonds is 11. The molecule has 1 aromatic carbocycles. The number of hydrogen-bond acceptors (Lipinski definition) is 5. The molecule has 8 heteroatoms. The molecule has 0 aliphatic heterocycles. The van der Waals surface area contributed by atoms with Crippen molar-refractivity contribution < 1.29 is 19.6 Å². The van der Waals surface area contributed by atoms with Crippen molar-refractivity contribution in [2.75, 3.05) is 6.54 Å². The Hall–Kier alpha value is -2.71. The first-order valence-electron chi connectivity index (χ1n) is 11.1. The average Bonchev–Trinajstić information content (AvgIpc) is 2.74. The van der Waals surface area contributed by atoms with Crippen LogP contribution < -0.4 is 16.6 Å². The molecule has 0 fully saturated rings. The van der Waals surface area contributed by atoms with Gasteiger partial charge in [0, 0.05) is 6.54 Å². The molecule has 0 saturated carbocycles.